The lowest BCUT2D eigenvalue weighted by molar-refractivity contribution is -0.120. The van der Waals surface area contributed by atoms with Gasteiger partial charge in [0, 0.05) is 18.8 Å². The first-order valence-corrected chi connectivity index (χ1v) is 8.47. The number of nitrogens with zero attached hydrogens (tertiary/aromatic N) is 2. The molecule has 1 heterocycles. The van der Waals surface area contributed by atoms with E-state index in [0.717, 1.165) is 38.0 Å². The molecule has 1 aliphatic rings. The van der Waals surface area contributed by atoms with Crippen molar-refractivity contribution in [3.8, 4) is 0 Å². The number of hydrogen-bond donors (Lipinski definition) is 1. The number of carbonyl (C=O) groups is 1. The maximum absolute atomic E-state index is 12.7. The number of aliphatic hydroxyl groups is 1. The SMILES string of the molecule is CCCCCN(CCO)CC(=O)N1CCCc2ccccc21. The molecule has 0 aromatic heterocycles. The number of aliphatic hydroxyl groups excluding tert-OH is 1. The van der Waals surface area contributed by atoms with Crippen LogP contribution in [0.1, 0.15) is 38.2 Å². The van der Waals surface area contributed by atoms with E-state index >= 15 is 0 Å². The second-order valence-corrected chi connectivity index (χ2v) is 5.98. The Balaban J connectivity index is 1.98. The number of unbranched alkanes of at least 4 members (excludes halogenated alkanes) is 2. The molecule has 0 aliphatic carbocycles. The molecule has 4 nitrogen and oxygen atoms in total. The Morgan fingerprint density at radius 1 is 1.27 bits per heavy atom. The topological polar surface area (TPSA) is 43.8 Å². The normalized spacial score (nSPS) is 14.2. The summed E-state index contributed by atoms with van der Waals surface area (Å²) in [7, 11) is 0. The molecule has 1 aromatic carbocycles. The van der Waals surface area contributed by atoms with Crippen molar-refractivity contribution in [3.63, 3.8) is 0 Å². The van der Waals surface area contributed by atoms with E-state index in [2.05, 4.69) is 17.9 Å². The van der Waals surface area contributed by atoms with Crippen molar-refractivity contribution < 1.29 is 9.90 Å². The molecule has 1 amide bonds. The monoisotopic (exact) mass is 304 g/mol. The number of anilines is 1. The van der Waals surface area contributed by atoms with Gasteiger partial charge in [0.15, 0.2) is 0 Å². The van der Waals surface area contributed by atoms with Gasteiger partial charge in [-0.05, 0) is 37.4 Å². The predicted octanol–water partition coefficient (Wildman–Crippen LogP) is 2.45. The number of para-hydroxylation sites is 1. The summed E-state index contributed by atoms with van der Waals surface area (Å²) in [6.07, 6.45) is 5.50. The Morgan fingerprint density at radius 3 is 2.86 bits per heavy atom. The van der Waals surface area contributed by atoms with E-state index in [4.69, 9.17) is 0 Å². The van der Waals surface area contributed by atoms with E-state index in [1.807, 2.05) is 23.1 Å². The van der Waals surface area contributed by atoms with Crippen molar-refractivity contribution >= 4 is 11.6 Å². The molecule has 1 aliphatic heterocycles. The molecule has 0 fully saturated rings. The lowest BCUT2D eigenvalue weighted by atomic mass is 10.0. The fourth-order valence-corrected chi connectivity index (χ4v) is 3.07. The van der Waals surface area contributed by atoms with E-state index in [0.29, 0.717) is 13.1 Å². The third-order valence-electron chi connectivity index (χ3n) is 4.26. The maximum Gasteiger partial charge on any atom is 0.241 e. The molecule has 0 radical (unpaired) electrons. The van der Waals surface area contributed by atoms with Crippen molar-refractivity contribution in [3.05, 3.63) is 29.8 Å². The molecule has 0 saturated carbocycles. The van der Waals surface area contributed by atoms with Crippen molar-refractivity contribution in [2.45, 2.75) is 39.0 Å². The molecule has 0 saturated heterocycles. The average Bonchev–Trinajstić information content (AvgIpc) is 2.54. The Hall–Kier alpha value is -1.39. The molecule has 1 aromatic rings. The van der Waals surface area contributed by atoms with Crippen LogP contribution < -0.4 is 4.90 Å². The van der Waals surface area contributed by atoms with Gasteiger partial charge >= 0.3 is 0 Å². The molecular weight excluding hydrogens is 276 g/mol. The largest absolute Gasteiger partial charge is 0.395 e. The summed E-state index contributed by atoms with van der Waals surface area (Å²) < 4.78 is 0. The van der Waals surface area contributed by atoms with Gasteiger partial charge < -0.3 is 10.0 Å². The van der Waals surface area contributed by atoms with Gasteiger partial charge in [0.05, 0.1) is 13.2 Å². The highest BCUT2D eigenvalue weighted by Crippen LogP contribution is 2.26. The van der Waals surface area contributed by atoms with E-state index in [1.165, 1.54) is 18.4 Å². The standard InChI is InChI=1S/C18H28N2O2/c1-2-3-6-11-19(13-14-21)15-18(22)20-12-7-9-16-8-4-5-10-17(16)20/h4-5,8,10,21H,2-3,6-7,9,11-15H2,1H3. The summed E-state index contributed by atoms with van der Waals surface area (Å²) in [5, 5.41) is 9.21. The number of carbonyl (C=O) groups excluding carboxylic acids is 1. The number of aryl methyl sites for hydroxylation is 1. The van der Waals surface area contributed by atoms with Gasteiger partial charge in [-0.1, -0.05) is 38.0 Å². The first kappa shape index (κ1) is 17.0. The number of fused-ring (bicyclic) bond motifs is 1. The highest BCUT2D eigenvalue weighted by molar-refractivity contribution is 5.95. The van der Waals surface area contributed by atoms with Gasteiger partial charge in [-0.3, -0.25) is 9.69 Å². The lowest BCUT2D eigenvalue weighted by Crippen LogP contribution is -2.43. The zero-order chi connectivity index (χ0) is 15.8. The van der Waals surface area contributed by atoms with Crippen LogP contribution in [-0.4, -0.2) is 48.7 Å². The van der Waals surface area contributed by atoms with Crippen molar-refractivity contribution in [2.24, 2.45) is 0 Å². The third kappa shape index (κ3) is 4.55. The van der Waals surface area contributed by atoms with Crippen molar-refractivity contribution in [1.29, 1.82) is 0 Å². The molecule has 0 spiro atoms. The fourth-order valence-electron chi connectivity index (χ4n) is 3.07. The number of amides is 1. The first-order chi connectivity index (χ1) is 10.8. The summed E-state index contributed by atoms with van der Waals surface area (Å²) in [6, 6.07) is 8.19. The predicted molar refractivity (Wildman–Crippen MR) is 90.2 cm³/mol. The van der Waals surface area contributed by atoms with Gasteiger partial charge in [0.1, 0.15) is 0 Å². The summed E-state index contributed by atoms with van der Waals surface area (Å²) in [5.41, 5.74) is 2.33. The minimum Gasteiger partial charge on any atom is -0.395 e. The smallest absolute Gasteiger partial charge is 0.241 e. The zero-order valence-corrected chi connectivity index (χ0v) is 13.6. The number of hydrogen-bond acceptors (Lipinski definition) is 3. The lowest BCUT2D eigenvalue weighted by Gasteiger charge is -2.31. The molecular formula is C18H28N2O2. The molecule has 1 N–H and O–H groups in total. The van der Waals surface area contributed by atoms with Crippen LogP contribution in [0.25, 0.3) is 0 Å². The van der Waals surface area contributed by atoms with E-state index in [1.54, 1.807) is 0 Å². The molecule has 0 bridgehead atoms. The van der Waals surface area contributed by atoms with Gasteiger partial charge in [-0.15, -0.1) is 0 Å². The van der Waals surface area contributed by atoms with Crippen molar-refractivity contribution in [1.82, 2.24) is 4.90 Å². The highest BCUT2D eigenvalue weighted by atomic mass is 16.3. The number of rotatable bonds is 8. The van der Waals surface area contributed by atoms with Crippen LogP contribution in [0.2, 0.25) is 0 Å². The fraction of sp³-hybridized carbons (Fsp3) is 0.611. The zero-order valence-electron chi connectivity index (χ0n) is 13.6. The Bertz CT molecular complexity index is 476. The Labute approximate surface area is 133 Å². The quantitative estimate of drug-likeness (QED) is 0.750. The van der Waals surface area contributed by atoms with E-state index in [9.17, 15) is 9.90 Å². The van der Waals surface area contributed by atoms with Gasteiger partial charge in [-0.25, -0.2) is 0 Å². The van der Waals surface area contributed by atoms with Gasteiger partial charge in [-0.2, -0.15) is 0 Å². The average molecular weight is 304 g/mol. The minimum absolute atomic E-state index is 0.107. The second-order valence-electron chi connectivity index (χ2n) is 5.98. The van der Waals surface area contributed by atoms with Crippen LogP contribution in [-0.2, 0) is 11.2 Å². The molecule has 0 atom stereocenters. The Morgan fingerprint density at radius 2 is 2.09 bits per heavy atom. The summed E-state index contributed by atoms with van der Waals surface area (Å²) in [4.78, 5) is 16.7. The second kappa shape index (κ2) is 8.91. The first-order valence-electron chi connectivity index (χ1n) is 8.47. The van der Waals surface area contributed by atoms with Gasteiger partial charge in [0.25, 0.3) is 0 Å². The molecule has 4 heteroatoms. The highest BCUT2D eigenvalue weighted by Gasteiger charge is 2.23. The van der Waals surface area contributed by atoms with Crippen LogP contribution >= 0.6 is 0 Å². The van der Waals surface area contributed by atoms with Crippen LogP contribution in [0.4, 0.5) is 5.69 Å². The summed E-state index contributed by atoms with van der Waals surface area (Å²) >= 11 is 0. The minimum atomic E-state index is 0.107. The summed E-state index contributed by atoms with van der Waals surface area (Å²) in [6.45, 7) is 4.94. The Kier molecular flexibility index (Phi) is 6.87. The van der Waals surface area contributed by atoms with Gasteiger partial charge in [0.2, 0.25) is 5.91 Å². The number of benzene rings is 1. The van der Waals surface area contributed by atoms with Crippen molar-refractivity contribution in [2.75, 3.05) is 37.7 Å². The summed E-state index contributed by atoms with van der Waals surface area (Å²) in [5.74, 6) is 0.150. The molecule has 22 heavy (non-hydrogen) atoms. The third-order valence-corrected chi connectivity index (χ3v) is 4.26. The molecule has 0 unspecified atom stereocenters. The van der Waals surface area contributed by atoms with Crippen LogP contribution in [0, 0.1) is 0 Å². The van der Waals surface area contributed by atoms with E-state index in [-0.39, 0.29) is 12.5 Å². The molecule has 122 valence electrons. The molecule has 2 rings (SSSR count). The maximum atomic E-state index is 12.7. The van der Waals surface area contributed by atoms with Crippen LogP contribution in [0.15, 0.2) is 24.3 Å². The van der Waals surface area contributed by atoms with Crippen LogP contribution in [0.3, 0.4) is 0 Å². The van der Waals surface area contributed by atoms with Crippen LogP contribution in [0.5, 0.6) is 0 Å². The van der Waals surface area contributed by atoms with E-state index < -0.39 is 0 Å².